The maximum absolute atomic E-state index is 13.0. The van der Waals surface area contributed by atoms with Crippen LogP contribution in [0.25, 0.3) is 22.0 Å². The summed E-state index contributed by atoms with van der Waals surface area (Å²) < 4.78 is 32.5. The molecule has 27 heavy (non-hydrogen) atoms. The van der Waals surface area contributed by atoms with Crippen molar-refractivity contribution >= 4 is 20.9 Å². The topological polar surface area (TPSA) is 48.3 Å². The Morgan fingerprint density at radius 1 is 0.815 bits per heavy atom. The van der Waals surface area contributed by atoms with Crippen LogP contribution in [-0.2, 0) is 10.0 Å². The summed E-state index contributed by atoms with van der Waals surface area (Å²) in [6.07, 6.45) is 1.61. The molecule has 0 aliphatic carbocycles. The molecule has 0 amide bonds. The molecule has 0 spiro atoms. The number of methoxy groups -OCH3 is 1. The van der Waals surface area contributed by atoms with Crippen molar-refractivity contribution in [1.82, 2.24) is 3.97 Å². The predicted octanol–water partition coefficient (Wildman–Crippen LogP) is 4.86. The monoisotopic (exact) mass is 377 g/mol. The Labute approximate surface area is 158 Å². The standard InChI is InChI=1S/C22H19NO3S/c1-16-3-10-21(11-4-16)27(24,25)23-14-13-19-15-18(7-12-22(19)23)17-5-8-20(26-2)9-6-17/h3-15H,1-2H3. The van der Waals surface area contributed by atoms with Crippen LogP contribution in [0.2, 0.25) is 0 Å². The van der Waals surface area contributed by atoms with E-state index in [9.17, 15) is 8.42 Å². The zero-order valence-electron chi connectivity index (χ0n) is 15.1. The molecular formula is C22H19NO3S. The fraction of sp³-hybridized carbons (Fsp3) is 0.0909. The molecule has 3 aromatic carbocycles. The number of hydrogen-bond acceptors (Lipinski definition) is 3. The first-order chi connectivity index (χ1) is 13.0. The van der Waals surface area contributed by atoms with Gasteiger partial charge in [0, 0.05) is 11.6 Å². The van der Waals surface area contributed by atoms with Gasteiger partial charge in [-0.25, -0.2) is 12.4 Å². The minimum absolute atomic E-state index is 0.282. The number of fused-ring (bicyclic) bond motifs is 1. The van der Waals surface area contributed by atoms with Gasteiger partial charge in [0.1, 0.15) is 5.75 Å². The summed E-state index contributed by atoms with van der Waals surface area (Å²) in [5, 5.41) is 0.874. The maximum atomic E-state index is 13.0. The van der Waals surface area contributed by atoms with E-state index in [-0.39, 0.29) is 4.90 Å². The van der Waals surface area contributed by atoms with E-state index >= 15 is 0 Å². The highest BCUT2D eigenvalue weighted by Gasteiger charge is 2.18. The first-order valence-corrected chi connectivity index (χ1v) is 10.0. The number of ether oxygens (including phenoxy) is 1. The molecule has 0 saturated carbocycles. The van der Waals surface area contributed by atoms with Gasteiger partial charge in [0.05, 0.1) is 17.5 Å². The lowest BCUT2D eigenvalue weighted by molar-refractivity contribution is 0.415. The van der Waals surface area contributed by atoms with Gasteiger partial charge in [-0.05, 0) is 60.5 Å². The highest BCUT2D eigenvalue weighted by atomic mass is 32.2. The van der Waals surface area contributed by atoms with E-state index in [1.165, 1.54) is 3.97 Å². The molecule has 0 atom stereocenters. The molecule has 0 fully saturated rings. The summed E-state index contributed by atoms with van der Waals surface area (Å²) in [4.78, 5) is 0.282. The largest absolute Gasteiger partial charge is 0.497 e. The Morgan fingerprint density at radius 3 is 2.15 bits per heavy atom. The van der Waals surface area contributed by atoms with Crippen molar-refractivity contribution in [2.24, 2.45) is 0 Å². The highest BCUT2D eigenvalue weighted by molar-refractivity contribution is 7.90. The van der Waals surface area contributed by atoms with Crippen molar-refractivity contribution in [1.29, 1.82) is 0 Å². The Morgan fingerprint density at radius 2 is 1.48 bits per heavy atom. The number of nitrogens with zero attached hydrogens (tertiary/aromatic N) is 1. The Balaban J connectivity index is 1.77. The zero-order valence-corrected chi connectivity index (χ0v) is 15.9. The molecule has 0 bridgehead atoms. The van der Waals surface area contributed by atoms with E-state index in [4.69, 9.17) is 4.74 Å². The molecule has 0 aliphatic heterocycles. The number of aryl methyl sites for hydroxylation is 1. The van der Waals surface area contributed by atoms with Crippen molar-refractivity contribution in [3.63, 3.8) is 0 Å². The molecule has 1 aromatic heterocycles. The predicted molar refractivity (Wildman–Crippen MR) is 108 cm³/mol. The molecular weight excluding hydrogens is 358 g/mol. The van der Waals surface area contributed by atoms with Crippen LogP contribution in [0, 0.1) is 6.92 Å². The van der Waals surface area contributed by atoms with Crippen LogP contribution in [0.5, 0.6) is 5.75 Å². The molecule has 0 radical (unpaired) electrons. The van der Waals surface area contributed by atoms with Gasteiger partial charge in [-0.15, -0.1) is 0 Å². The summed E-state index contributed by atoms with van der Waals surface area (Å²) in [5.74, 6) is 0.801. The second kappa shape index (κ2) is 6.59. The molecule has 1 heterocycles. The molecule has 4 nitrogen and oxygen atoms in total. The van der Waals surface area contributed by atoms with Crippen LogP contribution in [0.15, 0.2) is 83.9 Å². The summed E-state index contributed by atoms with van der Waals surface area (Å²) in [7, 11) is -1.99. The number of rotatable bonds is 4. The normalized spacial score (nSPS) is 11.6. The highest BCUT2D eigenvalue weighted by Crippen LogP contribution is 2.28. The van der Waals surface area contributed by atoms with Gasteiger partial charge < -0.3 is 4.74 Å². The van der Waals surface area contributed by atoms with Gasteiger partial charge in [0.15, 0.2) is 0 Å². The molecule has 136 valence electrons. The van der Waals surface area contributed by atoms with Gasteiger partial charge in [0.2, 0.25) is 0 Å². The minimum atomic E-state index is -3.63. The van der Waals surface area contributed by atoms with E-state index in [2.05, 4.69) is 0 Å². The lowest BCUT2D eigenvalue weighted by Crippen LogP contribution is -2.11. The molecule has 0 N–H and O–H groups in total. The van der Waals surface area contributed by atoms with Crippen molar-refractivity contribution in [2.75, 3.05) is 7.11 Å². The Kier molecular flexibility index (Phi) is 4.24. The summed E-state index contributed by atoms with van der Waals surface area (Å²) in [6.45, 7) is 1.93. The van der Waals surface area contributed by atoms with Crippen LogP contribution in [0.4, 0.5) is 0 Å². The Bertz CT molecular complexity index is 1200. The van der Waals surface area contributed by atoms with E-state index in [0.29, 0.717) is 5.52 Å². The third-order valence-corrected chi connectivity index (χ3v) is 6.36. The smallest absolute Gasteiger partial charge is 0.268 e. The van der Waals surface area contributed by atoms with E-state index in [0.717, 1.165) is 27.8 Å². The van der Waals surface area contributed by atoms with Gasteiger partial charge >= 0.3 is 0 Å². The Hall–Kier alpha value is -3.05. The van der Waals surface area contributed by atoms with E-state index in [1.54, 1.807) is 37.6 Å². The first-order valence-electron chi connectivity index (χ1n) is 8.57. The summed E-state index contributed by atoms with van der Waals surface area (Å²) in [6, 6.07) is 22.3. The zero-order chi connectivity index (χ0) is 19.0. The maximum Gasteiger partial charge on any atom is 0.268 e. The van der Waals surface area contributed by atoms with Crippen molar-refractivity contribution < 1.29 is 13.2 Å². The van der Waals surface area contributed by atoms with Crippen LogP contribution >= 0.6 is 0 Å². The molecule has 0 aliphatic rings. The summed E-state index contributed by atoms with van der Waals surface area (Å²) in [5.41, 5.74) is 3.76. The van der Waals surface area contributed by atoms with Crippen molar-refractivity contribution in [3.8, 4) is 16.9 Å². The molecule has 0 saturated heterocycles. The second-order valence-corrected chi connectivity index (χ2v) is 8.25. The van der Waals surface area contributed by atoms with Gasteiger partial charge in [-0.1, -0.05) is 35.9 Å². The fourth-order valence-electron chi connectivity index (χ4n) is 3.11. The third-order valence-electron chi connectivity index (χ3n) is 4.66. The number of benzene rings is 3. The van der Waals surface area contributed by atoms with Gasteiger partial charge in [-0.3, -0.25) is 0 Å². The van der Waals surface area contributed by atoms with Gasteiger partial charge in [-0.2, -0.15) is 0 Å². The molecule has 4 rings (SSSR count). The van der Waals surface area contributed by atoms with Crippen molar-refractivity contribution in [2.45, 2.75) is 11.8 Å². The number of hydrogen-bond donors (Lipinski definition) is 0. The summed E-state index contributed by atoms with van der Waals surface area (Å²) >= 11 is 0. The van der Waals surface area contributed by atoms with E-state index in [1.807, 2.05) is 55.5 Å². The third kappa shape index (κ3) is 3.11. The lowest BCUT2D eigenvalue weighted by atomic mass is 10.0. The average molecular weight is 377 g/mol. The van der Waals surface area contributed by atoms with Gasteiger partial charge in [0.25, 0.3) is 10.0 Å². The number of aromatic nitrogens is 1. The lowest BCUT2D eigenvalue weighted by Gasteiger charge is -2.09. The molecule has 0 unspecified atom stereocenters. The second-order valence-electron chi connectivity index (χ2n) is 6.43. The quantitative estimate of drug-likeness (QED) is 0.510. The fourth-order valence-corrected chi connectivity index (χ4v) is 4.47. The van der Waals surface area contributed by atoms with Crippen molar-refractivity contribution in [3.05, 3.63) is 84.6 Å². The van der Waals surface area contributed by atoms with Crippen LogP contribution in [0.3, 0.4) is 0 Å². The van der Waals surface area contributed by atoms with Crippen LogP contribution in [0.1, 0.15) is 5.56 Å². The van der Waals surface area contributed by atoms with Crippen LogP contribution < -0.4 is 4.74 Å². The van der Waals surface area contributed by atoms with E-state index < -0.39 is 10.0 Å². The first kappa shape index (κ1) is 17.4. The SMILES string of the molecule is COc1ccc(-c2ccc3c(ccn3S(=O)(=O)c3ccc(C)cc3)c2)cc1. The average Bonchev–Trinajstić information content (AvgIpc) is 3.12. The minimum Gasteiger partial charge on any atom is -0.497 e. The molecule has 5 heteroatoms. The molecule has 4 aromatic rings. The van der Waals surface area contributed by atoms with Crippen LogP contribution in [-0.4, -0.2) is 19.5 Å².